The lowest BCUT2D eigenvalue weighted by Gasteiger charge is -1.96. The van der Waals surface area contributed by atoms with Gasteiger partial charge < -0.3 is 10.1 Å². The van der Waals surface area contributed by atoms with Gasteiger partial charge in [-0.05, 0) is 13.8 Å². The van der Waals surface area contributed by atoms with Crippen LogP contribution in [0.4, 0.5) is 4.79 Å². The second-order valence-corrected chi connectivity index (χ2v) is 1.41. The van der Waals surface area contributed by atoms with Gasteiger partial charge in [-0.1, -0.05) is 6.08 Å². The molecule has 0 rings (SSSR count). The zero-order valence-electron chi connectivity index (χ0n) is 5.68. The van der Waals surface area contributed by atoms with Crippen LogP contribution in [0.15, 0.2) is 12.3 Å². The Morgan fingerprint density at radius 2 is 2.44 bits per heavy atom. The van der Waals surface area contributed by atoms with Crippen molar-refractivity contribution in [1.82, 2.24) is 5.32 Å². The Morgan fingerprint density at radius 3 is 2.89 bits per heavy atom. The van der Waals surface area contributed by atoms with Crippen LogP contribution in [0.25, 0.3) is 0 Å². The Kier molecular flexibility index (Phi) is 4.59. The first-order valence-corrected chi connectivity index (χ1v) is 2.87. The van der Waals surface area contributed by atoms with Crippen molar-refractivity contribution in [2.24, 2.45) is 0 Å². The highest BCUT2D eigenvalue weighted by atomic mass is 16.5. The molecular weight excluding hydrogens is 118 g/mol. The van der Waals surface area contributed by atoms with Gasteiger partial charge in [0.15, 0.2) is 0 Å². The van der Waals surface area contributed by atoms with E-state index in [1.54, 1.807) is 13.0 Å². The first-order chi connectivity index (χ1) is 4.31. The lowest BCUT2D eigenvalue weighted by Crippen LogP contribution is -2.21. The van der Waals surface area contributed by atoms with E-state index in [0.717, 1.165) is 0 Å². The predicted molar refractivity (Wildman–Crippen MR) is 35.0 cm³/mol. The highest BCUT2D eigenvalue weighted by Gasteiger charge is 1.92. The third-order valence-electron chi connectivity index (χ3n) is 0.632. The molecule has 0 bridgehead atoms. The smallest absolute Gasteiger partial charge is 0.411 e. The van der Waals surface area contributed by atoms with Crippen LogP contribution in [-0.2, 0) is 4.74 Å². The van der Waals surface area contributed by atoms with Crippen LogP contribution in [0.1, 0.15) is 13.8 Å². The summed E-state index contributed by atoms with van der Waals surface area (Å²) in [5.41, 5.74) is 0. The summed E-state index contributed by atoms with van der Waals surface area (Å²) in [6.07, 6.45) is 2.58. The highest BCUT2D eigenvalue weighted by molar-refractivity contribution is 5.67. The van der Waals surface area contributed by atoms with Gasteiger partial charge in [-0.15, -0.1) is 0 Å². The third-order valence-corrected chi connectivity index (χ3v) is 0.632. The summed E-state index contributed by atoms with van der Waals surface area (Å²) in [5.74, 6) is 0. The molecule has 52 valence electrons. The molecule has 0 radical (unpaired) electrons. The molecule has 0 spiro atoms. The van der Waals surface area contributed by atoms with Gasteiger partial charge in [0.1, 0.15) is 0 Å². The summed E-state index contributed by atoms with van der Waals surface area (Å²) >= 11 is 0. The van der Waals surface area contributed by atoms with Gasteiger partial charge in [-0.2, -0.15) is 0 Å². The molecule has 0 aliphatic rings. The molecule has 0 aliphatic heterocycles. The summed E-state index contributed by atoms with van der Waals surface area (Å²) in [6.45, 7) is 4.20. The van der Waals surface area contributed by atoms with Crippen LogP contribution in [0.2, 0.25) is 0 Å². The SMILES string of the molecule is CC=COC(=O)NCC. The van der Waals surface area contributed by atoms with Gasteiger partial charge >= 0.3 is 6.09 Å². The summed E-state index contributed by atoms with van der Waals surface area (Å²) in [4.78, 5) is 10.4. The summed E-state index contributed by atoms with van der Waals surface area (Å²) in [5, 5.41) is 2.47. The molecule has 0 saturated carbocycles. The van der Waals surface area contributed by atoms with Crippen molar-refractivity contribution in [2.75, 3.05) is 6.54 Å². The number of alkyl carbamates (subject to hydrolysis) is 1. The molecule has 0 fully saturated rings. The van der Waals surface area contributed by atoms with Gasteiger partial charge in [0, 0.05) is 6.54 Å². The number of hydrogen-bond acceptors (Lipinski definition) is 2. The molecule has 0 saturated heterocycles. The van der Waals surface area contributed by atoms with E-state index in [4.69, 9.17) is 0 Å². The zero-order valence-corrected chi connectivity index (χ0v) is 5.68. The molecule has 0 atom stereocenters. The number of rotatable bonds is 2. The number of allylic oxidation sites excluding steroid dienone is 1. The van der Waals surface area contributed by atoms with E-state index < -0.39 is 6.09 Å². The molecule has 0 aromatic carbocycles. The quantitative estimate of drug-likeness (QED) is 0.570. The van der Waals surface area contributed by atoms with E-state index in [-0.39, 0.29) is 0 Å². The second kappa shape index (κ2) is 5.15. The molecule has 0 heterocycles. The zero-order chi connectivity index (χ0) is 7.11. The van der Waals surface area contributed by atoms with E-state index in [0.29, 0.717) is 6.54 Å². The van der Waals surface area contributed by atoms with E-state index >= 15 is 0 Å². The van der Waals surface area contributed by atoms with Crippen LogP contribution < -0.4 is 5.32 Å². The molecule has 3 heteroatoms. The number of carbonyl (C=O) groups excluding carboxylic acids is 1. The maximum Gasteiger partial charge on any atom is 0.411 e. The van der Waals surface area contributed by atoms with Gasteiger partial charge in [-0.25, -0.2) is 4.79 Å². The van der Waals surface area contributed by atoms with E-state index in [1.807, 2.05) is 6.92 Å². The fraction of sp³-hybridized carbons (Fsp3) is 0.500. The van der Waals surface area contributed by atoms with Crippen molar-refractivity contribution in [3.05, 3.63) is 12.3 Å². The highest BCUT2D eigenvalue weighted by Crippen LogP contribution is 1.77. The minimum atomic E-state index is -0.407. The fourth-order valence-corrected chi connectivity index (χ4v) is 0.316. The second-order valence-electron chi connectivity index (χ2n) is 1.41. The standard InChI is InChI=1S/C6H11NO2/c1-3-5-9-6(8)7-4-2/h3,5H,4H2,1-2H3,(H,7,8). The van der Waals surface area contributed by atoms with Gasteiger partial charge in [-0.3, -0.25) is 0 Å². The average molecular weight is 129 g/mol. The van der Waals surface area contributed by atoms with Crippen molar-refractivity contribution in [2.45, 2.75) is 13.8 Å². The minimum Gasteiger partial charge on any atom is -0.419 e. The monoisotopic (exact) mass is 129 g/mol. The van der Waals surface area contributed by atoms with Crippen molar-refractivity contribution >= 4 is 6.09 Å². The van der Waals surface area contributed by atoms with E-state index in [2.05, 4.69) is 10.1 Å². The predicted octanol–water partition coefficient (Wildman–Crippen LogP) is 1.27. The Morgan fingerprint density at radius 1 is 1.78 bits per heavy atom. The van der Waals surface area contributed by atoms with Crippen molar-refractivity contribution in [3.63, 3.8) is 0 Å². The number of nitrogens with one attached hydrogen (secondary N) is 1. The van der Waals surface area contributed by atoms with Crippen molar-refractivity contribution in [1.29, 1.82) is 0 Å². The summed E-state index contributed by atoms with van der Waals surface area (Å²) in [7, 11) is 0. The first-order valence-electron chi connectivity index (χ1n) is 2.87. The topological polar surface area (TPSA) is 38.3 Å². The van der Waals surface area contributed by atoms with Crippen LogP contribution in [0.3, 0.4) is 0 Å². The molecule has 0 aromatic rings. The normalized spacial score (nSPS) is 9.56. The molecular formula is C6H11NO2. The number of hydrogen-bond donors (Lipinski definition) is 1. The number of ether oxygens (including phenoxy) is 1. The average Bonchev–Trinajstić information content (AvgIpc) is 1.85. The van der Waals surface area contributed by atoms with Gasteiger partial charge in [0.05, 0.1) is 6.26 Å². The third kappa shape index (κ3) is 4.87. The maximum atomic E-state index is 10.4. The Labute approximate surface area is 54.7 Å². The number of carbonyl (C=O) groups is 1. The summed E-state index contributed by atoms with van der Waals surface area (Å²) in [6, 6.07) is 0. The van der Waals surface area contributed by atoms with Gasteiger partial charge in [0.2, 0.25) is 0 Å². The van der Waals surface area contributed by atoms with Crippen LogP contribution in [0, 0.1) is 0 Å². The fourth-order valence-electron chi connectivity index (χ4n) is 0.316. The molecule has 0 aromatic heterocycles. The Balaban J connectivity index is 3.27. The lowest BCUT2D eigenvalue weighted by molar-refractivity contribution is 0.186. The molecule has 1 N–H and O–H groups in total. The van der Waals surface area contributed by atoms with Crippen molar-refractivity contribution in [3.8, 4) is 0 Å². The van der Waals surface area contributed by atoms with Crippen LogP contribution in [-0.4, -0.2) is 12.6 Å². The van der Waals surface area contributed by atoms with Crippen LogP contribution in [0.5, 0.6) is 0 Å². The number of amides is 1. The minimum absolute atomic E-state index is 0.407. The Bertz CT molecular complexity index is 110. The summed E-state index contributed by atoms with van der Waals surface area (Å²) < 4.78 is 4.50. The van der Waals surface area contributed by atoms with Crippen molar-refractivity contribution < 1.29 is 9.53 Å². The first kappa shape index (κ1) is 8.01. The Hall–Kier alpha value is -0.990. The lowest BCUT2D eigenvalue weighted by atomic mass is 10.7. The molecule has 9 heavy (non-hydrogen) atoms. The largest absolute Gasteiger partial charge is 0.419 e. The molecule has 1 amide bonds. The maximum absolute atomic E-state index is 10.4. The van der Waals surface area contributed by atoms with E-state index in [9.17, 15) is 4.79 Å². The van der Waals surface area contributed by atoms with Crippen LogP contribution >= 0.6 is 0 Å². The molecule has 0 aliphatic carbocycles. The molecule has 3 nitrogen and oxygen atoms in total. The molecule has 0 unspecified atom stereocenters. The van der Waals surface area contributed by atoms with E-state index in [1.165, 1.54) is 6.26 Å². The van der Waals surface area contributed by atoms with Gasteiger partial charge in [0.25, 0.3) is 0 Å².